The fraction of sp³-hybridized carbons (Fsp3) is 0.467. The van der Waals surface area contributed by atoms with Crippen LogP contribution in [0.3, 0.4) is 0 Å². The average Bonchev–Trinajstić information content (AvgIpc) is 2.25. The zero-order valence-electron chi connectivity index (χ0n) is 11.1. The van der Waals surface area contributed by atoms with Crippen LogP contribution in [0.5, 0.6) is 0 Å². The number of hydrogen-bond donors (Lipinski definition) is 1. The molecule has 0 aliphatic rings. The lowest BCUT2D eigenvalue weighted by Crippen LogP contribution is -2.01. The smallest absolute Gasteiger partial charge is 0.0352 e. The van der Waals surface area contributed by atoms with Crippen molar-refractivity contribution in [1.82, 2.24) is 0 Å². The van der Waals surface area contributed by atoms with E-state index in [-0.39, 0.29) is 0 Å². The highest BCUT2D eigenvalue weighted by Gasteiger charge is 2.11. The number of nitrogens with two attached hydrogens (primary N) is 1. The normalized spacial score (nSPS) is 11.9. The molecule has 0 heterocycles. The second-order valence-electron chi connectivity index (χ2n) is 4.40. The maximum atomic E-state index is 6.05. The molecule has 1 rings (SSSR count). The van der Waals surface area contributed by atoms with E-state index in [9.17, 15) is 0 Å². The summed E-state index contributed by atoms with van der Waals surface area (Å²) >= 11 is 0. The van der Waals surface area contributed by atoms with Crippen molar-refractivity contribution >= 4 is 11.3 Å². The lowest BCUT2D eigenvalue weighted by atomic mass is 9.89. The van der Waals surface area contributed by atoms with Crippen LogP contribution in [0.15, 0.2) is 12.1 Å². The van der Waals surface area contributed by atoms with E-state index in [1.807, 2.05) is 0 Å². The first-order valence-electron chi connectivity index (χ1n) is 6.08. The minimum Gasteiger partial charge on any atom is -0.398 e. The number of benzene rings is 1. The Balaban J connectivity index is 3.47. The first-order chi connectivity index (χ1) is 7.52. The van der Waals surface area contributed by atoms with Gasteiger partial charge in [0.25, 0.3) is 0 Å². The molecule has 16 heavy (non-hydrogen) atoms. The molecule has 2 N–H and O–H groups in total. The van der Waals surface area contributed by atoms with E-state index < -0.39 is 0 Å². The molecule has 0 aromatic heterocycles. The quantitative estimate of drug-likeness (QED) is 0.746. The van der Waals surface area contributed by atoms with Crippen molar-refractivity contribution in [2.45, 2.75) is 47.5 Å². The fourth-order valence-corrected chi connectivity index (χ4v) is 2.22. The van der Waals surface area contributed by atoms with E-state index >= 15 is 0 Å². The van der Waals surface area contributed by atoms with Gasteiger partial charge in [-0.3, -0.25) is 0 Å². The Kier molecular flexibility index (Phi) is 4.17. The molecule has 0 aliphatic heterocycles. The van der Waals surface area contributed by atoms with Crippen LogP contribution in [0.4, 0.5) is 5.69 Å². The van der Waals surface area contributed by atoms with Gasteiger partial charge < -0.3 is 5.73 Å². The SMILES string of the molecule is CC/C=C(\CC)c1c(C)c(C)cc(N)c1C. The summed E-state index contributed by atoms with van der Waals surface area (Å²) in [5.41, 5.74) is 13.6. The van der Waals surface area contributed by atoms with Gasteiger partial charge in [-0.15, -0.1) is 0 Å². The Bertz CT molecular complexity index is 388. The molecular weight excluding hydrogens is 194 g/mol. The molecule has 1 aromatic rings. The molecule has 0 unspecified atom stereocenters. The van der Waals surface area contributed by atoms with E-state index in [2.05, 4.69) is 46.8 Å². The summed E-state index contributed by atoms with van der Waals surface area (Å²) in [6.07, 6.45) is 4.46. The third-order valence-corrected chi connectivity index (χ3v) is 3.30. The third kappa shape index (κ3) is 2.29. The lowest BCUT2D eigenvalue weighted by Gasteiger charge is -2.17. The molecule has 0 fully saturated rings. The predicted molar refractivity (Wildman–Crippen MR) is 73.6 cm³/mol. The molecule has 0 aliphatic carbocycles. The summed E-state index contributed by atoms with van der Waals surface area (Å²) in [6.45, 7) is 10.8. The maximum Gasteiger partial charge on any atom is 0.0352 e. The number of allylic oxidation sites excluding steroid dienone is 2. The maximum absolute atomic E-state index is 6.05. The van der Waals surface area contributed by atoms with Crippen molar-refractivity contribution in [3.63, 3.8) is 0 Å². The van der Waals surface area contributed by atoms with Gasteiger partial charge in [-0.1, -0.05) is 19.9 Å². The van der Waals surface area contributed by atoms with E-state index in [0.717, 1.165) is 18.5 Å². The van der Waals surface area contributed by atoms with Crippen LogP contribution in [0.1, 0.15) is 48.9 Å². The Labute approximate surface area is 99.4 Å². The number of hydrogen-bond acceptors (Lipinski definition) is 1. The van der Waals surface area contributed by atoms with E-state index in [1.54, 1.807) is 0 Å². The summed E-state index contributed by atoms with van der Waals surface area (Å²) in [5, 5.41) is 0. The summed E-state index contributed by atoms with van der Waals surface area (Å²) in [7, 11) is 0. The molecule has 0 saturated carbocycles. The highest BCUT2D eigenvalue weighted by molar-refractivity contribution is 5.75. The molecule has 0 bridgehead atoms. The molecule has 0 radical (unpaired) electrons. The fourth-order valence-electron chi connectivity index (χ4n) is 2.22. The summed E-state index contributed by atoms with van der Waals surface area (Å²) in [5.74, 6) is 0. The average molecular weight is 217 g/mol. The highest BCUT2D eigenvalue weighted by Crippen LogP contribution is 2.31. The number of aryl methyl sites for hydroxylation is 1. The van der Waals surface area contributed by atoms with Gasteiger partial charge in [0.15, 0.2) is 0 Å². The minimum atomic E-state index is 0.911. The zero-order valence-corrected chi connectivity index (χ0v) is 11.1. The van der Waals surface area contributed by atoms with Crippen molar-refractivity contribution < 1.29 is 0 Å². The minimum absolute atomic E-state index is 0.911. The van der Waals surface area contributed by atoms with Crippen LogP contribution in [-0.4, -0.2) is 0 Å². The van der Waals surface area contributed by atoms with Crippen molar-refractivity contribution in [2.24, 2.45) is 0 Å². The van der Waals surface area contributed by atoms with Crippen LogP contribution in [-0.2, 0) is 0 Å². The van der Waals surface area contributed by atoms with Crippen LogP contribution in [0.2, 0.25) is 0 Å². The van der Waals surface area contributed by atoms with Gasteiger partial charge in [-0.2, -0.15) is 0 Å². The molecule has 0 amide bonds. The number of nitrogen functional groups attached to an aromatic ring is 1. The van der Waals surface area contributed by atoms with Gasteiger partial charge in [-0.25, -0.2) is 0 Å². The topological polar surface area (TPSA) is 26.0 Å². The van der Waals surface area contributed by atoms with Gasteiger partial charge in [0.1, 0.15) is 0 Å². The second kappa shape index (κ2) is 5.20. The standard InChI is InChI=1S/C15H23N/c1-6-8-13(7-2)15-11(4)10(3)9-14(16)12(15)5/h8-9H,6-7,16H2,1-5H3/b13-8+. The number of anilines is 1. The van der Waals surface area contributed by atoms with Crippen molar-refractivity contribution in [2.75, 3.05) is 5.73 Å². The van der Waals surface area contributed by atoms with E-state index in [0.29, 0.717) is 0 Å². The summed E-state index contributed by atoms with van der Waals surface area (Å²) < 4.78 is 0. The molecule has 0 spiro atoms. The second-order valence-corrected chi connectivity index (χ2v) is 4.40. The zero-order chi connectivity index (χ0) is 12.3. The molecule has 88 valence electrons. The Morgan fingerprint density at radius 1 is 1.19 bits per heavy atom. The van der Waals surface area contributed by atoms with Crippen LogP contribution in [0, 0.1) is 20.8 Å². The van der Waals surface area contributed by atoms with Crippen molar-refractivity contribution in [1.29, 1.82) is 0 Å². The van der Waals surface area contributed by atoms with Crippen LogP contribution < -0.4 is 5.73 Å². The van der Waals surface area contributed by atoms with E-state index in [1.165, 1.54) is 27.8 Å². The molecule has 1 aromatic carbocycles. The highest BCUT2D eigenvalue weighted by atomic mass is 14.6. The van der Waals surface area contributed by atoms with Gasteiger partial charge in [-0.05, 0) is 67.5 Å². The van der Waals surface area contributed by atoms with Crippen molar-refractivity contribution in [3.8, 4) is 0 Å². The molecule has 1 nitrogen and oxygen atoms in total. The van der Waals surface area contributed by atoms with Gasteiger partial charge in [0, 0.05) is 5.69 Å². The monoisotopic (exact) mass is 217 g/mol. The molecule has 1 heteroatoms. The first kappa shape index (κ1) is 12.8. The Hall–Kier alpha value is -1.24. The van der Waals surface area contributed by atoms with Crippen LogP contribution >= 0.6 is 0 Å². The number of rotatable bonds is 3. The molecular formula is C15H23N. The Morgan fingerprint density at radius 2 is 1.81 bits per heavy atom. The van der Waals surface area contributed by atoms with Gasteiger partial charge >= 0.3 is 0 Å². The first-order valence-corrected chi connectivity index (χ1v) is 6.08. The molecule has 0 saturated heterocycles. The predicted octanol–water partition coefficient (Wildman–Crippen LogP) is 4.40. The van der Waals surface area contributed by atoms with Crippen molar-refractivity contribution in [3.05, 3.63) is 34.4 Å². The lowest BCUT2D eigenvalue weighted by molar-refractivity contribution is 1.15. The van der Waals surface area contributed by atoms with E-state index in [4.69, 9.17) is 5.73 Å². The molecule has 0 atom stereocenters. The van der Waals surface area contributed by atoms with Crippen LogP contribution in [0.25, 0.3) is 5.57 Å². The summed E-state index contributed by atoms with van der Waals surface area (Å²) in [4.78, 5) is 0. The van der Waals surface area contributed by atoms with Gasteiger partial charge in [0.2, 0.25) is 0 Å². The summed E-state index contributed by atoms with van der Waals surface area (Å²) in [6, 6.07) is 2.08. The van der Waals surface area contributed by atoms with Gasteiger partial charge in [0.05, 0.1) is 0 Å². The largest absolute Gasteiger partial charge is 0.398 e. The Morgan fingerprint density at radius 3 is 2.31 bits per heavy atom. The third-order valence-electron chi connectivity index (χ3n) is 3.30.